The first-order valence-corrected chi connectivity index (χ1v) is 9.75. The molecule has 122 valence electrons. The lowest BCUT2D eigenvalue weighted by molar-refractivity contribution is -0.129. The van der Waals surface area contributed by atoms with Crippen LogP contribution in [0.2, 0.25) is 0 Å². The van der Waals surface area contributed by atoms with E-state index in [1.54, 1.807) is 0 Å². The molecule has 2 aliphatic rings. The van der Waals surface area contributed by atoms with E-state index < -0.39 is 0 Å². The molecule has 23 heavy (non-hydrogen) atoms. The second-order valence-corrected chi connectivity index (χ2v) is 7.81. The first kappa shape index (κ1) is 15.1. The number of amides is 1. The number of benzene rings is 1. The van der Waals surface area contributed by atoms with Crippen LogP contribution in [0.4, 0.5) is 0 Å². The van der Waals surface area contributed by atoms with Gasteiger partial charge in [0.1, 0.15) is 5.82 Å². The van der Waals surface area contributed by atoms with Gasteiger partial charge in [-0.2, -0.15) is 11.8 Å². The van der Waals surface area contributed by atoms with Crippen molar-refractivity contribution >= 4 is 28.7 Å². The molecule has 2 fully saturated rings. The molecule has 2 aromatic rings. The lowest BCUT2D eigenvalue weighted by atomic mass is 9.97. The standard InChI is InChI=1S/C18H23N3OS/c22-17(12-23-11-13-7-8-13)21-9-3-4-14(10-21)18-19-15-5-1-2-6-16(15)20-18/h1-2,5-6,13-14H,3-4,7-12H2,(H,19,20)/t14-/m0/s1. The molecule has 0 radical (unpaired) electrons. The van der Waals surface area contributed by atoms with Crippen LogP contribution in [0.25, 0.3) is 11.0 Å². The normalized spacial score (nSPS) is 21.7. The maximum atomic E-state index is 12.4. The van der Waals surface area contributed by atoms with Gasteiger partial charge in [-0.15, -0.1) is 0 Å². The Labute approximate surface area is 141 Å². The number of aromatic nitrogens is 2. The van der Waals surface area contributed by atoms with E-state index in [4.69, 9.17) is 4.98 Å². The molecule has 1 saturated carbocycles. The van der Waals surface area contributed by atoms with Gasteiger partial charge < -0.3 is 9.88 Å². The molecule has 0 unspecified atom stereocenters. The second-order valence-electron chi connectivity index (χ2n) is 6.78. The Kier molecular flexibility index (Phi) is 4.29. The summed E-state index contributed by atoms with van der Waals surface area (Å²) >= 11 is 1.81. The van der Waals surface area contributed by atoms with E-state index in [1.807, 2.05) is 34.9 Å². The quantitative estimate of drug-likeness (QED) is 0.914. The van der Waals surface area contributed by atoms with Crippen molar-refractivity contribution < 1.29 is 4.79 Å². The molecule has 1 atom stereocenters. The fourth-order valence-electron chi connectivity index (χ4n) is 3.28. The minimum Gasteiger partial charge on any atom is -0.342 e. The topological polar surface area (TPSA) is 49.0 Å². The fourth-order valence-corrected chi connectivity index (χ4v) is 4.42. The minimum atomic E-state index is 0.302. The highest BCUT2D eigenvalue weighted by Gasteiger charge is 2.27. The van der Waals surface area contributed by atoms with Crippen molar-refractivity contribution in [2.24, 2.45) is 5.92 Å². The average molecular weight is 329 g/mol. The number of hydrogen-bond acceptors (Lipinski definition) is 3. The molecular formula is C18H23N3OS. The van der Waals surface area contributed by atoms with Crippen molar-refractivity contribution in [3.8, 4) is 0 Å². The summed E-state index contributed by atoms with van der Waals surface area (Å²) in [6.07, 6.45) is 4.90. The van der Waals surface area contributed by atoms with Gasteiger partial charge in [0.25, 0.3) is 0 Å². The van der Waals surface area contributed by atoms with Crippen molar-refractivity contribution in [1.29, 1.82) is 0 Å². The van der Waals surface area contributed by atoms with Crippen LogP contribution in [-0.2, 0) is 4.79 Å². The zero-order valence-electron chi connectivity index (χ0n) is 13.3. The molecule has 1 aromatic carbocycles. The minimum absolute atomic E-state index is 0.302. The molecule has 1 saturated heterocycles. The number of fused-ring (bicyclic) bond motifs is 1. The maximum Gasteiger partial charge on any atom is 0.232 e. The summed E-state index contributed by atoms with van der Waals surface area (Å²) < 4.78 is 0. The summed E-state index contributed by atoms with van der Waals surface area (Å²) in [5.74, 6) is 4.37. The summed E-state index contributed by atoms with van der Waals surface area (Å²) in [6.45, 7) is 1.71. The van der Waals surface area contributed by atoms with Crippen LogP contribution in [0.15, 0.2) is 24.3 Å². The zero-order valence-corrected chi connectivity index (χ0v) is 14.1. The Bertz CT molecular complexity index is 661. The predicted molar refractivity (Wildman–Crippen MR) is 94.7 cm³/mol. The third kappa shape index (κ3) is 3.55. The molecule has 1 N–H and O–H groups in total. The molecular weight excluding hydrogens is 306 g/mol. The van der Waals surface area contributed by atoms with Crippen LogP contribution in [0, 0.1) is 5.92 Å². The monoisotopic (exact) mass is 329 g/mol. The highest BCUT2D eigenvalue weighted by Crippen LogP contribution is 2.32. The smallest absolute Gasteiger partial charge is 0.232 e. The summed E-state index contributed by atoms with van der Waals surface area (Å²) in [6, 6.07) is 8.14. The van der Waals surface area contributed by atoms with E-state index in [9.17, 15) is 4.79 Å². The van der Waals surface area contributed by atoms with Crippen molar-refractivity contribution in [2.45, 2.75) is 31.6 Å². The predicted octanol–water partition coefficient (Wildman–Crippen LogP) is 3.41. The first-order valence-electron chi connectivity index (χ1n) is 8.60. The lowest BCUT2D eigenvalue weighted by Gasteiger charge is -2.31. The van der Waals surface area contributed by atoms with Gasteiger partial charge >= 0.3 is 0 Å². The first-order chi connectivity index (χ1) is 11.3. The third-order valence-electron chi connectivity index (χ3n) is 4.84. The number of hydrogen-bond donors (Lipinski definition) is 1. The van der Waals surface area contributed by atoms with Crippen LogP contribution >= 0.6 is 11.8 Å². The highest BCUT2D eigenvalue weighted by atomic mass is 32.2. The highest BCUT2D eigenvalue weighted by molar-refractivity contribution is 7.99. The van der Waals surface area contributed by atoms with Crippen molar-refractivity contribution in [2.75, 3.05) is 24.6 Å². The summed E-state index contributed by atoms with van der Waals surface area (Å²) in [5, 5.41) is 0. The number of H-pyrrole nitrogens is 1. The van der Waals surface area contributed by atoms with Gasteiger partial charge in [0.2, 0.25) is 5.91 Å². The molecule has 1 amide bonds. The largest absolute Gasteiger partial charge is 0.342 e. The van der Waals surface area contributed by atoms with E-state index >= 15 is 0 Å². The molecule has 0 bridgehead atoms. The molecule has 5 heteroatoms. The van der Waals surface area contributed by atoms with Gasteiger partial charge in [0.15, 0.2) is 0 Å². The summed E-state index contributed by atoms with van der Waals surface area (Å²) in [7, 11) is 0. The molecule has 0 spiro atoms. The molecule has 1 aromatic heterocycles. The Morgan fingerprint density at radius 2 is 2.17 bits per heavy atom. The Morgan fingerprint density at radius 1 is 1.30 bits per heavy atom. The van der Waals surface area contributed by atoms with E-state index in [0.29, 0.717) is 17.6 Å². The summed E-state index contributed by atoms with van der Waals surface area (Å²) in [5.41, 5.74) is 2.11. The van der Waals surface area contributed by atoms with E-state index in [1.165, 1.54) is 12.8 Å². The number of nitrogens with zero attached hydrogens (tertiary/aromatic N) is 2. The number of nitrogens with one attached hydrogen (secondary N) is 1. The number of rotatable bonds is 5. The van der Waals surface area contributed by atoms with Gasteiger partial charge in [0.05, 0.1) is 16.8 Å². The summed E-state index contributed by atoms with van der Waals surface area (Å²) in [4.78, 5) is 22.6. The van der Waals surface area contributed by atoms with Crippen LogP contribution in [0.5, 0.6) is 0 Å². The number of imidazole rings is 1. The fraction of sp³-hybridized carbons (Fsp3) is 0.556. The lowest BCUT2D eigenvalue weighted by Crippen LogP contribution is -2.40. The number of piperidine rings is 1. The molecule has 1 aliphatic carbocycles. The van der Waals surface area contributed by atoms with Crippen LogP contribution < -0.4 is 0 Å². The number of carbonyl (C=O) groups excluding carboxylic acids is 1. The molecule has 2 heterocycles. The molecule has 4 rings (SSSR count). The van der Waals surface area contributed by atoms with Crippen molar-refractivity contribution in [1.82, 2.24) is 14.9 Å². The van der Waals surface area contributed by atoms with E-state index in [0.717, 1.165) is 54.5 Å². The van der Waals surface area contributed by atoms with Crippen molar-refractivity contribution in [3.05, 3.63) is 30.1 Å². The Balaban J connectivity index is 1.38. The number of para-hydroxylation sites is 2. The van der Waals surface area contributed by atoms with Gasteiger partial charge in [-0.05, 0) is 49.5 Å². The maximum absolute atomic E-state index is 12.4. The van der Waals surface area contributed by atoms with E-state index in [-0.39, 0.29) is 0 Å². The number of carbonyl (C=O) groups is 1. The van der Waals surface area contributed by atoms with Crippen LogP contribution in [0.1, 0.15) is 37.4 Å². The SMILES string of the molecule is O=C(CSCC1CC1)N1CCC[C@H](c2nc3ccccc3[nH]2)C1. The van der Waals surface area contributed by atoms with Gasteiger partial charge in [-0.25, -0.2) is 4.98 Å². The van der Waals surface area contributed by atoms with Gasteiger partial charge in [0, 0.05) is 19.0 Å². The second kappa shape index (κ2) is 6.56. The Hall–Kier alpha value is -1.49. The number of likely N-dealkylation sites (tertiary alicyclic amines) is 1. The average Bonchev–Trinajstić information content (AvgIpc) is 3.30. The zero-order chi connectivity index (χ0) is 15.6. The van der Waals surface area contributed by atoms with Crippen LogP contribution in [0.3, 0.4) is 0 Å². The molecule has 4 nitrogen and oxygen atoms in total. The van der Waals surface area contributed by atoms with E-state index in [2.05, 4.69) is 11.1 Å². The molecule has 1 aliphatic heterocycles. The van der Waals surface area contributed by atoms with Crippen molar-refractivity contribution in [3.63, 3.8) is 0 Å². The Morgan fingerprint density at radius 3 is 3.00 bits per heavy atom. The van der Waals surface area contributed by atoms with Crippen LogP contribution in [-0.4, -0.2) is 45.4 Å². The third-order valence-corrected chi connectivity index (χ3v) is 6.00. The van der Waals surface area contributed by atoms with Gasteiger partial charge in [-0.3, -0.25) is 4.79 Å². The number of thioether (sulfide) groups is 1. The number of aromatic amines is 1. The van der Waals surface area contributed by atoms with Gasteiger partial charge in [-0.1, -0.05) is 12.1 Å².